The molecule has 19 heavy (non-hydrogen) atoms. The Morgan fingerprint density at radius 1 is 1.42 bits per heavy atom. The molecule has 0 fully saturated rings. The number of hydrogen-bond donors (Lipinski definition) is 0. The zero-order valence-corrected chi connectivity index (χ0v) is 13.5. The van der Waals surface area contributed by atoms with Crippen LogP contribution >= 0.6 is 39.1 Å². The van der Waals surface area contributed by atoms with Crippen LogP contribution in [-0.4, -0.2) is 15.6 Å². The molecule has 0 amide bonds. The first-order valence-electron chi connectivity index (χ1n) is 5.56. The number of benzene rings is 1. The van der Waals surface area contributed by atoms with Crippen LogP contribution in [0.1, 0.15) is 21.6 Å². The molecule has 1 aromatic heterocycles. The van der Waals surface area contributed by atoms with Crippen molar-refractivity contribution in [1.29, 1.82) is 0 Å². The van der Waals surface area contributed by atoms with Crippen LogP contribution in [-0.2, 0) is 13.5 Å². The molecule has 6 heteroatoms. The number of Topliss-reactive ketones (excluding diaryl/α,β-unsaturated/α-hetero) is 1. The first-order chi connectivity index (χ1) is 8.90. The fraction of sp³-hybridized carbons (Fsp3) is 0.231. The fourth-order valence-electron chi connectivity index (χ4n) is 1.84. The third-order valence-electron chi connectivity index (χ3n) is 2.84. The van der Waals surface area contributed by atoms with Gasteiger partial charge < -0.3 is 0 Å². The molecule has 0 radical (unpaired) electrons. The van der Waals surface area contributed by atoms with Crippen LogP contribution in [0.25, 0.3) is 0 Å². The minimum Gasteiger partial charge on any atom is -0.294 e. The van der Waals surface area contributed by atoms with Gasteiger partial charge in [-0.25, -0.2) is 0 Å². The van der Waals surface area contributed by atoms with Gasteiger partial charge in [-0.2, -0.15) is 5.10 Å². The quantitative estimate of drug-likeness (QED) is 0.767. The Morgan fingerprint density at radius 3 is 2.68 bits per heavy atom. The van der Waals surface area contributed by atoms with E-state index in [2.05, 4.69) is 21.0 Å². The molecular weight excluding hydrogens is 351 g/mol. The Morgan fingerprint density at radius 2 is 2.11 bits per heavy atom. The van der Waals surface area contributed by atoms with Crippen LogP contribution < -0.4 is 0 Å². The standard InChI is InChI=1S/C13H11BrCl2N2O/c1-7-9(13(16)18(2)17-7)6-12(19)10-5-8(15)3-4-11(10)14/h3-5H,6H2,1-2H3. The molecule has 0 aliphatic heterocycles. The summed E-state index contributed by atoms with van der Waals surface area (Å²) in [5, 5.41) is 5.21. The largest absolute Gasteiger partial charge is 0.294 e. The lowest BCUT2D eigenvalue weighted by Gasteiger charge is -2.04. The zero-order valence-electron chi connectivity index (χ0n) is 10.4. The highest BCUT2D eigenvalue weighted by Crippen LogP contribution is 2.25. The van der Waals surface area contributed by atoms with Gasteiger partial charge in [0.1, 0.15) is 5.15 Å². The van der Waals surface area contributed by atoms with Gasteiger partial charge in [-0.1, -0.05) is 39.1 Å². The van der Waals surface area contributed by atoms with Crippen molar-refractivity contribution < 1.29 is 4.79 Å². The molecule has 0 unspecified atom stereocenters. The predicted octanol–water partition coefficient (Wildman–Crippen LogP) is 4.22. The Balaban J connectivity index is 2.33. The number of aromatic nitrogens is 2. The van der Waals surface area contributed by atoms with Crippen LogP contribution in [0.15, 0.2) is 22.7 Å². The topological polar surface area (TPSA) is 34.9 Å². The molecule has 2 aromatic rings. The maximum absolute atomic E-state index is 12.3. The predicted molar refractivity (Wildman–Crippen MR) is 80.1 cm³/mol. The summed E-state index contributed by atoms with van der Waals surface area (Å²) < 4.78 is 2.28. The summed E-state index contributed by atoms with van der Waals surface area (Å²) in [6.45, 7) is 1.83. The van der Waals surface area contributed by atoms with Gasteiger partial charge in [0.15, 0.2) is 5.78 Å². The van der Waals surface area contributed by atoms with Crippen LogP contribution in [0.4, 0.5) is 0 Å². The maximum Gasteiger partial charge on any atom is 0.168 e. The van der Waals surface area contributed by atoms with Crippen molar-refractivity contribution >= 4 is 44.9 Å². The number of aryl methyl sites for hydroxylation is 2. The first kappa shape index (κ1) is 14.6. The zero-order chi connectivity index (χ0) is 14.2. The minimum atomic E-state index is -0.0487. The van der Waals surface area contributed by atoms with Crippen molar-refractivity contribution in [1.82, 2.24) is 9.78 Å². The number of carbonyl (C=O) groups is 1. The normalized spacial score (nSPS) is 10.8. The van der Waals surface area contributed by atoms with Gasteiger partial charge in [0.2, 0.25) is 0 Å². The van der Waals surface area contributed by atoms with E-state index < -0.39 is 0 Å². The second-order valence-corrected chi connectivity index (χ2v) is 5.85. The molecule has 0 atom stereocenters. The van der Waals surface area contributed by atoms with E-state index in [1.807, 2.05) is 6.92 Å². The van der Waals surface area contributed by atoms with Crippen LogP contribution in [0.3, 0.4) is 0 Å². The lowest BCUT2D eigenvalue weighted by molar-refractivity contribution is 0.0992. The monoisotopic (exact) mass is 360 g/mol. The van der Waals surface area contributed by atoms with Gasteiger partial charge in [-0.3, -0.25) is 9.48 Å². The summed E-state index contributed by atoms with van der Waals surface area (Å²) in [5.41, 5.74) is 2.06. The van der Waals surface area contributed by atoms with Crippen molar-refractivity contribution in [3.05, 3.63) is 49.7 Å². The van der Waals surface area contributed by atoms with E-state index in [-0.39, 0.29) is 12.2 Å². The molecule has 1 heterocycles. The highest BCUT2D eigenvalue weighted by Gasteiger charge is 2.18. The fourth-order valence-corrected chi connectivity index (χ4v) is 2.72. The lowest BCUT2D eigenvalue weighted by atomic mass is 10.0. The van der Waals surface area contributed by atoms with Gasteiger partial charge >= 0.3 is 0 Å². The van der Waals surface area contributed by atoms with Crippen molar-refractivity contribution in [3.8, 4) is 0 Å². The Kier molecular flexibility index (Phi) is 4.33. The molecule has 1 aromatic carbocycles. The van der Waals surface area contributed by atoms with Gasteiger partial charge in [-0.15, -0.1) is 0 Å². The summed E-state index contributed by atoms with van der Waals surface area (Å²) in [6.07, 6.45) is 0.206. The van der Waals surface area contributed by atoms with Crippen LogP contribution in [0.5, 0.6) is 0 Å². The van der Waals surface area contributed by atoms with Gasteiger partial charge in [0, 0.05) is 34.1 Å². The van der Waals surface area contributed by atoms with Gasteiger partial charge in [0.25, 0.3) is 0 Å². The number of halogens is 3. The Hall–Kier alpha value is -0.840. The smallest absolute Gasteiger partial charge is 0.168 e. The number of ketones is 1. The van der Waals surface area contributed by atoms with E-state index in [1.165, 1.54) is 0 Å². The van der Waals surface area contributed by atoms with E-state index in [9.17, 15) is 4.79 Å². The highest BCUT2D eigenvalue weighted by atomic mass is 79.9. The van der Waals surface area contributed by atoms with Crippen molar-refractivity contribution in [2.45, 2.75) is 13.3 Å². The molecular formula is C13H11BrCl2N2O. The molecule has 0 bridgehead atoms. The summed E-state index contributed by atoms with van der Waals surface area (Å²) in [6, 6.07) is 5.13. The van der Waals surface area contributed by atoms with E-state index >= 15 is 0 Å². The van der Waals surface area contributed by atoms with Gasteiger partial charge in [-0.05, 0) is 25.1 Å². The summed E-state index contributed by atoms with van der Waals surface area (Å²) >= 11 is 15.4. The molecule has 2 rings (SSSR count). The molecule has 0 spiro atoms. The van der Waals surface area contributed by atoms with E-state index in [1.54, 1.807) is 29.9 Å². The van der Waals surface area contributed by atoms with Crippen molar-refractivity contribution in [2.24, 2.45) is 7.05 Å². The molecule has 0 saturated carbocycles. The SMILES string of the molecule is Cc1nn(C)c(Cl)c1CC(=O)c1cc(Cl)ccc1Br. The first-order valence-corrected chi connectivity index (χ1v) is 7.11. The lowest BCUT2D eigenvalue weighted by Crippen LogP contribution is -2.05. The molecule has 0 N–H and O–H groups in total. The number of nitrogens with zero attached hydrogens (tertiary/aromatic N) is 2. The molecule has 0 saturated heterocycles. The van der Waals surface area contributed by atoms with Crippen LogP contribution in [0, 0.1) is 6.92 Å². The summed E-state index contributed by atoms with van der Waals surface area (Å²) in [7, 11) is 1.75. The average molecular weight is 362 g/mol. The average Bonchev–Trinajstić information content (AvgIpc) is 2.59. The highest BCUT2D eigenvalue weighted by molar-refractivity contribution is 9.10. The van der Waals surface area contributed by atoms with E-state index in [0.29, 0.717) is 15.7 Å². The molecule has 0 aliphatic carbocycles. The summed E-state index contributed by atoms with van der Waals surface area (Å²) in [5.74, 6) is -0.0487. The molecule has 100 valence electrons. The molecule has 0 aliphatic rings. The minimum absolute atomic E-state index is 0.0487. The van der Waals surface area contributed by atoms with E-state index in [4.69, 9.17) is 23.2 Å². The van der Waals surface area contributed by atoms with E-state index in [0.717, 1.165) is 15.7 Å². The number of hydrogen-bond acceptors (Lipinski definition) is 2. The summed E-state index contributed by atoms with van der Waals surface area (Å²) in [4.78, 5) is 12.3. The van der Waals surface area contributed by atoms with Crippen molar-refractivity contribution in [3.63, 3.8) is 0 Å². The third-order valence-corrected chi connectivity index (χ3v) is 4.24. The second kappa shape index (κ2) is 5.65. The Labute approximate surface area is 129 Å². The second-order valence-electron chi connectivity index (χ2n) is 4.20. The number of rotatable bonds is 3. The third kappa shape index (κ3) is 3.02. The number of carbonyl (C=O) groups excluding carboxylic acids is 1. The van der Waals surface area contributed by atoms with Crippen LogP contribution in [0.2, 0.25) is 10.2 Å². The maximum atomic E-state index is 12.3. The van der Waals surface area contributed by atoms with Gasteiger partial charge in [0.05, 0.1) is 5.69 Å². The molecule has 3 nitrogen and oxygen atoms in total. The van der Waals surface area contributed by atoms with Crippen molar-refractivity contribution in [2.75, 3.05) is 0 Å². The Bertz CT molecular complexity index is 652.